The van der Waals surface area contributed by atoms with Crippen LogP contribution in [0, 0.1) is 0 Å². The van der Waals surface area contributed by atoms with Crippen LogP contribution in [0.2, 0.25) is 0 Å². The Bertz CT molecular complexity index is 611. The molecule has 2 aliphatic heterocycles. The van der Waals surface area contributed by atoms with Crippen molar-refractivity contribution in [2.24, 2.45) is 15.2 Å². The molecule has 0 saturated carbocycles. The van der Waals surface area contributed by atoms with E-state index in [0.717, 1.165) is 0 Å². The first-order valence-electron chi connectivity index (χ1n) is 4.65. The largest absolute Gasteiger partial charge is 0.314 e. The zero-order valence-corrected chi connectivity index (χ0v) is 8.04. The summed E-state index contributed by atoms with van der Waals surface area (Å²) in [6.45, 7) is 0. The van der Waals surface area contributed by atoms with Gasteiger partial charge in [0.25, 0.3) is 0 Å². The van der Waals surface area contributed by atoms with E-state index in [1.165, 1.54) is 6.20 Å². The average Bonchev–Trinajstić information content (AvgIpc) is 2.31. The van der Waals surface area contributed by atoms with Gasteiger partial charge in [0.15, 0.2) is 5.78 Å². The Morgan fingerprint density at radius 3 is 2.75 bits per heavy atom. The highest BCUT2D eigenvalue weighted by Gasteiger charge is 2.31. The van der Waals surface area contributed by atoms with E-state index < -0.39 is 5.91 Å². The molecule has 0 aliphatic carbocycles. The van der Waals surface area contributed by atoms with Crippen LogP contribution in [-0.4, -0.2) is 17.4 Å². The Kier molecular flexibility index (Phi) is 1.67. The van der Waals surface area contributed by atoms with Crippen molar-refractivity contribution in [1.29, 1.82) is 0 Å². The van der Waals surface area contributed by atoms with Gasteiger partial charge in [0.05, 0.1) is 17.5 Å². The monoisotopic (exact) mass is 211 g/mol. The van der Waals surface area contributed by atoms with E-state index in [-0.39, 0.29) is 17.1 Å². The summed E-state index contributed by atoms with van der Waals surface area (Å²) in [7, 11) is 0. The normalized spacial score (nSPS) is 17.5. The summed E-state index contributed by atoms with van der Waals surface area (Å²) in [6.07, 6.45) is 1.28. The predicted octanol–water partition coefficient (Wildman–Crippen LogP) is 1.83. The molecule has 0 unspecified atom stereocenters. The van der Waals surface area contributed by atoms with Crippen molar-refractivity contribution in [2.75, 3.05) is 0 Å². The molecule has 0 radical (unpaired) electrons. The van der Waals surface area contributed by atoms with Gasteiger partial charge in [-0.05, 0) is 12.1 Å². The van der Waals surface area contributed by atoms with E-state index in [9.17, 15) is 9.59 Å². The molecule has 0 saturated heterocycles. The number of hydrogen-bond donors (Lipinski definition) is 0. The van der Waals surface area contributed by atoms with E-state index in [2.05, 4.69) is 15.2 Å². The maximum Gasteiger partial charge on any atom is 0.314 e. The lowest BCUT2D eigenvalue weighted by Gasteiger charge is -2.15. The molecule has 0 N–H and O–H groups in total. The van der Waals surface area contributed by atoms with Crippen molar-refractivity contribution in [1.82, 2.24) is 0 Å². The fraction of sp³-hybridized carbons (Fsp3) is 0. The Labute approximate surface area is 90.2 Å². The van der Waals surface area contributed by atoms with E-state index in [1.807, 2.05) is 0 Å². The Morgan fingerprint density at radius 2 is 1.88 bits per heavy atom. The first-order chi connectivity index (χ1) is 7.77. The minimum atomic E-state index is -0.569. The highest BCUT2D eigenvalue weighted by Crippen LogP contribution is 2.29. The van der Waals surface area contributed by atoms with Crippen LogP contribution in [0.4, 0.5) is 5.69 Å². The van der Waals surface area contributed by atoms with Gasteiger partial charge in [-0.15, -0.1) is 5.11 Å². The number of hydrogen-bond acceptors (Lipinski definition) is 4. The number of carbonyl (C=O) groups is 2. The maximum absolute atomic E-state index is 12.0. The van der Waals surface area contributed by atoms with Gasteiger partial charge >= 0.3 is 5.91 Å². The number of azo groups is 1. The predicted molar refractivity (Wildman–Crippen MR) is 55.8 cm³/mol. The molecule has 5 nitrogen and oxygen atoms in total. The van der Waals surface area contributed by atoms with Crippen LogP contribution in [0.25, 0.3) is 0 Å². The van der Waals surface area contributed by atoms with Gasteiger partial charge in [-0.1, -0.05) is 12.1 Å². The molecule has 0 atom stereocenters. The molecule has 16 heavy (non-hydrogen) atoms. The van der Waals surface area contributed by atoms with Gasteiger partial charge in [-0.3, -0.25) is 9.59 Å². The standard InChI is InChI=1S/C11H5N3O2/c15-10-6-3-1-2-4-8(6)13-9-7(10)5-12-14-11(9)16/h1-5H. The van der Waals surface area contributed by atoms with Gasteiger partial charge in [-0.25, -0.2) is 4.99 Å². The number of para-hydroxylation sites is 1. The number of aliphatic imine (C=N–C) groups is 1. The molecule has 1 aromatic rings. The van der Waals surface area contributed by atoms with E-state index in [0.29, 0.717) is 11.3 Å². The highest BCUT2D eigenvalue weighted by atomic mass is 16.2. The molecule has 5 heteroatoms. The summed E-state index contributed by atoms with van der Waals surface area (Å²) in [5.74, 6) is -0.798. The fourth-order valence-electron chi connectivity index (χ4n) is 1.67. The van der Waals surface area contributed by atoms with Crippen LogP contribution in [0.15, 0.2) is 51.3 Å². The van der Waals surface area contributed by atoms with E-state index >= 15 is 0 Å². The molecule has 2 aliphatic rings. The number of carbonyl (C=O) groups excluding carboxylic acids is 2. The quantitative estimate of drug-likeness (QED) is 0.656. The van der Waals surface area contributed by atoms with Crippen LogP contribution in [0.5, 0.6) is 0 Å². The van der Waals surface area contributed by atoms with Gasteiger partial charge in [0.1, 0.15) is 5.71 Å². The fourth-order valence-corrected chi connectivity index (χ4v) is 1.67. The average molecular weight is 211 g/mol. The van der Waals surface area contributed by atoms with Crippen molar-refractivity contribution in [3.05, 3.63) is 41.6 Å². The van der Waals surface area contributed by atoms with Crippen molar-refractivity contribution in [3.63, 3.8) is 0 Å². The third-order valence-electron chi connectivity index (χ3n) is 2.42. The molecular formula is C11H5N3O2. The Balaban J connectivity index is 2.30. The second-order valence-corrected chi connectivity index (χ2v) is 3.37. The smallest absolute Gasteiger partial charge is 0.288 e. The number of ketones is 1. The lowest BCUT2D eigenvalue weighted by molar-refractivity contribution is -0.112. The Hall–Kier alpha value is -2.43. The summed E-state index contributed by atoms with van der Waals surface area (Å²) >= 11 is 0. The number of nitrogens with zero attached hydrogens (tertiary/aromatic N) is 3. The molecule has 1 aromatic carbocycles. The van der Waals surface area contributed by atoms with E-state index in [4.69, 9.17) is 0 Å². The third-order valence-corrected chi connectivity index (χ3v) is 2.42. The molecule has 0 spiro atoms. The number of fused-ring (bicyclic) bond motifs is 2. The molecular weight excluding hydrogens is 206 g/mol. The second-order valence-electron chi connectivity index (χ2n) is 3.37. The van der Waals surface area contributed by atoms with Crippen LogP contribution >= 0.6 is 0 Å². The molecule has 2 heterocycles. The SMILES string of the molecule is O=C1N=NC=C2C(=O)c3ccccc3N=C12. The van der Waals surface area contributed by atoms with Gasteiger partial charge in [0.2, 0.25) is 0 Å². The van der Waals surface area contributed by atoms with Gasteiger partial charge in [-0.2, -0.15) is 5.11 Å². The van der Waals surface area contributed by atoms with Gasteiger partial charge < -0.3 is 0 Å². The summed E-state index contributed by atoms with van der Waals surface area (Å²) in [5, 5.41) is 6.83. The summed E-state index contributed by atoms with van der Waals surface area (Å²) in [6, 6.07) is 6.88. The van der Waals surface area contributed by atoms with Crippen molar-refractivity contribution in [3.8, 4) is 0 Å². The zero-order chi connectivity index (χ0) is 11.1. The number of Topliss-reactive ketones (excluding diaryl/α,β-unsaturated/α-hetero) is 1. The number of rotatable bonds is 0. The number of benzene rings is 1. The zero-order valence-electron chi connectivity index (χ0n) is 8.04. The molecule has 0 bridgehead atoms. The minimum Gasteiger partial charge on any atom is -0.288 e. The van der Waals surface area contributed by atoms with Gasteiger partial charge in [0, 0.05) is 5.56 Å². The maximum atomic E-state index is 12.0. The summed E-state index contributed by atoms with van der Waals surface area (Å²) in [4.78, 5) is 27.5. The minimum absolute atomic E-state index is 0.0821. The van der Waals surface area contributed by atoms with Crippen LogP contribution in [-0.2, 0) is 4.79 Å². The van der Waals surface area contributed by atoms with Crippen molar-refractivity contribution < 1.29 is 9.59 Å². The summed E-state index contributed by atoms with van der Waals surface area (Å²) in [5.41, 5.74) is 1.30. The molecule has 76 valence electrons. The molecule has 0 fully saturated rings. The van der Waals surface area contributed by atoms with Crippen LogP contribution in [0.3, 0.4) is 0 Å². The van der Waals surface area contributed by atoms with E-state index in [1.54, 1.807) is 24.3 Å². The summed E-state index contributed by atoms with van der Waals surface area (Å²) < 4.78 is 0. The lowest BCUT2D eigenvalue weighted by atomic mass is 9.95. The number of amides is 1. The lowest BCUT2D eigenvalue weighted by Crippen LogP contribution is -2.25. The van der Waals surface area contributed by atoms with Crippen LogP contribution in [0.1, 0.15) is 10.4 Å². The van der Waals surface area contributed by atoms with Crippen LogP contribution < -0.4 is 0 Å². The topological polar surface area (TPSA) is 71.2 Å². The molecule has 3 rings (SSSR count). The molecule has 0 aromatic heterocycles. The Morgan fingerprint density at radius 1 is 1.06 bits per heavy atom. The third kappa shape index (κ3) is 1.08. The molecule has 1 amide bonds. The van der Waals surface area contributed by atoms with Crippen molar-refractivity contribution >= 4 is 23.1 Å². The first-order valence-corrected chi connectivity index (χ1v) is 4.65. The van der Waals surface area contributed by atoms with Crippen molar-refractivity contribution in [2.45, 2.75) is 0 Å². The first kappa shape index (κ1) is 8.84. The highest BCUT2D eigenvalue weighted by molar-refractivity contribution is 6.55. The second kappa shape index (κ2) is 3.03.